The highest BCUT2D eigenvalue weighted by Crippen LogP contribution is 2.24. The van der Waals surface area contributed by atoms with Gasteiger partial charge in [-0.05, 0) is 31.0 Å². The van der Waals surface area contributed by atoms with Crippen LogP contribution in [0.1, 0.15) is 11.1 Å². The fourth-order valence-electron chi connectivity index (χ4n) is 2.37. The highest BCUT2D eigenvalue weighted by atomic mass is 35.5. The van der Waals surface area contributed by atoms with Crippen molar-refractivity contribution < 1.29 is 13.5 Å². The smallest absolute Gasteiger partial charge is 0.184 e. The molecule has 6 heteroatoms. The SMILES string of the molecule is Cc1ccc(S(=O)(=O)[C@@H](Cc2ccccc2)[C@H](O)C(N)Cl)cc1. The Bertz CT molecular complexity index is 730. The van der Waals surface area contributed by atoms with Crippen molar-refractivity contribution >= 4 is 21.4 Å². The minimum atomic E-state index is -3.77. The van der Waals surface area contributed by atoms with E-state index in [0.717, 1.165) is 11.1 Å². The largest absolute Gasteiger partial charge is 0.389 e. The summed E-state index contributed by atoms with van der Waals surface area (Å²) in [7, 11) is -3.77. The highest BCUT2D eigenvalue weighted by molar-refractivity contribution is 7.92. The molecule has 0 saturated heterocycles. The quantitative estimate of drug-likeness (QED) is 0.616. The van der Waals surface area contributed by atoms with Gasteiger partial charge >= 0.3 is 0 Å². The number of sulfone groups is 1. The Labute approximate surface area is 141 Å². The van der Waals surface area contributed by atoms with Crippen LogP contribution in [0.25, 0.3) is 0 Å². The summed E-state index contributed by atoms with van der Waals surface area (Å²) in [6, 6.07) is 15.6. The van der Waals surface area contributed by atoms with E-state index in [4.69, 9.17) is 17.3 Å². The molecule has 0 fully saturated rings. The lowest BCUT2D eigenvalue weighted by molar-refractivity contribution is 0.163. The number of halogens is 1. The summed E-state index contributed by atoms with van der Waals surface area (Å²) in [5, 5.41) is 9.15. The number of aliphatic hydroxyl groups is 1. The Balaban J connectivity index is 2.41. The van der Waals surface area contributed by atoms with E-state index >= 15 is 0 Å². The van der Waals surface area contributed by atoms with Crippen molar-refractivity contribution in [1.82, 2.24) is 0 Å². The molecule has 0 bridgehead atoms. The van der Waals surface area contributed by atoms with Gasteiger partial charge in [-0.25, -0.2) is 8.42 Å². The van der Waals surface area contributed by atoms with Gasteiger partial charge in [0.05, 0.1) is 10.1 Å². The van der Waals surface area contributed by atoms with Gasteiger partial charge < -0.3 is 10.8 Å². The van der Waals surface area contributed by atoms with Crippen LogP contribution in [0.2, 0.25) is 0 Å². The van der Waals surface area contributed by atoms with E-state index in [1.165, 1.54) is 12.1 Å². The summed E-state index contributed by atoms with van der Waals surface area (Å²) in [5.41, 5.74) is 6.13. The van der Waals surface area contributed by atoms with E-state index in [9.17, 15) is 13.5 Å². The van der Waals surface area contributed by atoms with Crippen LogP contribution < -0.4 is 5.73 Å². The van der Waals surface area contributed by atoms with Gasteiger partial charge in [0, 0.05) is 0 Å². The Morgan fingerprint density at radius 3 is 2.17 bits per heavy atom. The first-order valence-corrected chi connectivity index (χ1v) is 9.23. The number of benzene rings is 2. The van der Waals surface area contributed by atoms with Crippen LogP contribution in [0.4, 0.5) is 0 Å². The van der Waals surface area contributed by atoms with Gasteiger partial charge in [0.15, 0.2) is 9.84 Å². The van der Waals surface area contributed by atoms with Crippen LogP contribution in [0.5, 0.6) is 0 Å². The Hall–Kier alpha value is -1.40. The van der Waals surface area contributed by atoms with Gasteiger partial charge in [0.25, 0.3) is 0 Å². The second kappa shape index (κ2) is 7.45. The first-order chi connectivity index (χ1) is 10.8. The number of hydrogen-bond donors (Lipinski definition) is 2. The number of alkyl halides is 1. The van der Waals surface area contributed by atoms with Gasteiger partial charge in [-0.2, -0.15) is 0 Å². The van der Waals surface area contributed by atoms with Crippen molar-refractivity contribution in [2.75, 3.05) is 0 Å². The van der Waals surface area contributed by atoms with Crippen LogP contribution in [-0.2, 0) is 16.3 Å². The number of aryl methyl sites for hydroxylation is 1. The lowest BCUT2D eigenvalue weighted by Crippen LogP contribution is -2.45. The van der Waals surface area contributed by atoms with Crippen molar-refractivity contribution in [3.05, 3.63) is 65.7 Å². The number of hydrogen-bond acceptors (Lipinski definition) is 4. The highest BCUT2D eigenvalue weighted by Gasteiger charge is 2.36. The average molecular weight is 354 g/mol. The maximum absolute atomic E-state index is 12.9. The maximum Gasteiger partial charge on any atom is 0.184 e. The summed E-state index contributed by atoms with van der Waals surface area (Å²) in [6.07, 6.45) is -1.23. The second-order valence-electron chi connectivity index (χ2n) is 5.52. The predicted molar refractivity (Wildman–Crippen MR) is 92.1 cm³/mol. The maximum atomic E-state index is 12.9. The molecule has 2 rings (SSSR count). The standard InChI is InChI=1S/C17H20ClNO3S/c1-12-7-9-14(10-8-12)23(21,22)15(16(20)17(18)19)11-13-5-3-2-4-6-13/h2-10,15-17,20H,11,19H2,1H3/t15-,16-,17?/m0/s1. The lowest BCUT2D eigenvalue weighted by Gasteiger charge is -2.25. The molecule has 3 atom stereocenters. The third-order valence-electron chi connectivity index (χ3n) is 3.73. The molecule has 0 saturated carbocycles. The third kappa shape index (κ3) is 4.32. The Morgan fingerprint density at radius 1 is 1.09 bits per heavy atom. The summed E-state index contributed by atoms with van der Waals surface area (Å²) >= 11 is 5.77. The fraction of sp³-hybridized carbons (Fsp3) is 0.294. The molecule has 3 N–H and O–H groups in total. The molecule has 4 nitrogen and oxygen atoms in total. The molecule has 0 heterocycles. The van der Waals surface area contributed by atoms with Crippen LogP contribution in [0.3, 0.4) is 0 Å². The van der Waals surface area contributed by atoms with Crippen molar-refractivity contribution in [3.8, 4) is 0 Å². The molecule has 1 unspecified atom stereocenters. The van der Waals surface area contributed by atoms with E-state index in [0.29, 0.717) is 0 Å². The molecule has 0 spiro atoms. The number of nitrogens with two attached hydrogens (primary N) is 1. The van der Waals surface area contributed by atoms with E-state index in [2.05, 4.69) is 0 Å². The molecule has 124 valence electrons. The topological polar surface area (TPSA) is 80.4 Å². The van der Waals surface area contributed by atoms with Crippen LogP contribution in [0, 0.1) is 6.92 Å². The Morgan fingerprint density at radius 2 is 1.65 bits per heavy atom. The molecule has 0 radical (unpaired) electrons. The number of aliphatic hydroxyl groups excluding tert-OH is 1. The van der Waals surface area contributed by atoms with E-state index in [1.54, 1.807) is 12.1 Å². The molecule has 0 amide bonds. The normalized spacial score (nSPS) is 15.8. The second-order valence-corrected chi connectivity index (χ2v) is 8.19. The van der Waals surface area contributed by atoms with Gasteiger partial charge in [-0.1, -0.05) is 48.0 Å². The van der Waals surface area contributed by atoms with Gasteiger partial charge in [-0.15, -0.1) is 11.6 Å². The molecule has 0 aliphatic carbocycles. The zero-order valence-corrected chi connectivity index (χ0v) is 14.3. The van der Waals surface area contributed by atoms with Crippen LogP contribution in [-0.4, -0.2) is 30.4 Å². The lowest BCUT2D eigenvalue weighted by atomic mass is 10.1. The van der Waals surface area contributed by atoms with Crippen molar-refractivity contribution in [2.45, 2.75) is 35.1 Å². The van der Waals surface area contributed by atoms with Crippen molar-refractivity contribution in [2.24, 2.45) is 5.73 Å². The van der Waals surface area contributed by atoms with Gasteiger partial charge in [0.1, 0.15) is 11.6 Å². The molecular formula is C17H20ClNO3S. The van der Waals surface area contributed by atoms with E-state index < -0.39 is 26.7 Å². The molecule has 0 aliphatic rings. The van der Waals surface area contributed by atoms with E-state index in [1.807, 2.05) is 37.3 Å². The van der Waals surface area contributed by atoms with Crippen LogP contribution in [0.15, 0.2) is 59.5 Å². The summed E-state index contributed by atoms with van der Waals surface area (Å²) in [4.78, 5) is 0.153. The van der Waals surface area contributed by atoms with Crippen molar-refractivity contribution in [1.29, 1.82) is 0 Å². The molecular weight excluding hydrogens is 334 g/mol. The summed E-state index contributed by atoms with van der Waals surface area (Å²) in [6.45, 7) is 1.88. The first-order valence-electron chi connectivity index (χ1n) is 7.24. The third-order valence-corrected chi connectivity index (χ3v) is 6.17. The van der Waals surface area contributed by atoms with Gasteiger partial charge in [0.2, 0.25) is 0 Å². The minimum Gasteiger partial charge on any atom is -0.389 e. The number of rotatable bonds is 6. The predicted octanol–water partition coefficient (Wildman–Crippen LogP) is 2.26. The van der Waals surface area contributed by atoms with Gasteiger partial charge in [-0.3, -0.25) is 0 Å². The summed E-state index contributed by atoms with van der Waals surface area (Å²) < 4.78 is 25.8. The fourth-order valence-corrected chi connectivity index (χ4v) is 4.44. The molecule has 2 aromatic rings. The Kier molecular flexibility index (Phi) is 5.81. The molecule has 0 aromatic heterocycles. The monoisotopic (exact) mass is 353 g/mol. The molecule has 0 aliphatic heterocycles. The summed E-state index contributed by atoms with van der Waals surface area (Å²) in [5.74, 6) is 0. The molecule has 2 aromatic carbocycles. The van der Waals surface area contributed by atoms with Crippen molar-refractivity contribution in [3.63, 3.8) is 0 Å². The first kappa shape index (κ1) is 17.9. The van der Waals surface area contributed by atoms with Crippen LogP contribution >= 0.6 is 11.6 Å². The van der Waals surface area contributed by atoms with E-state index in [-0.39, 0.29) is 11.3 Å². The minimum absolute atomic E-state index is 0.138. The zero-order chi connectivity index (χ0) is 17.0. The average Bonchev–Trinajstić information content (AvgIpc) is 2.53. The zero-order valence-electron chi connectivity index (χ0n) is 12.8. The molecule has 23 heavy (non-hydrogen) atoms.